The number of benzene rings is 2. The van der Waals surface area contributed by atoms with E-state index in [1.54, 1.807) is 0 Å². The van der Waals surface area contributed by atoms with Crippen molar-refractivity contribution in [3.05, 3.63) is 65.7 Å². The minimum Gasteiger partial charge on any atom is -0.367 e. The highest BCUT2D eigenvalue weighted by molar-refractivity contribution is 5.55. The Morgan fingerprint density at radius 1 is 1.00 bits per heavy atom. The molecule has 0 aliphatic carbocycles. The van der Waals surface area contributed by atoms with Crippen LogP contribution in [0.2, 0.25) is 0 Å². The Bertz CT molecular complexity index is 520. The lowest BCUT2D eigenvalue weighted by Gasteiger charge is -2.28. The van der Waals surface area contributed by atoms with Gasteiger partial charge in [0.2, 0.25) is 0 Å². The summed E-state index contributed by atoms with van der Waals surface area (Å²) in [5, 5.41) is 0. The van der Waals surface area contributed by atoms with Crippen molar-refractivity contribution in [2.45, 2.75) is 32.9 Å². The third kappa shape index (κ3) is 3.61. The van der Waals surface area contributed by atoms with Crippen molar-refractivity contribution < 1.29 is 0 Å². The van der Waals surface area contributed by atoms with E-state index in [4.69, 9.17) is 5.73 Å². The van der Waals surface area contributed by atoms with E-state index >= 15 is 0 Å². The molecule has 0 saturated carbocycles. The Balaban J connectivity index is 2.29. The number of anilines is 1. The number of nitrogens with zero attached hydrogens (tertiary/aromatic N) is 1. The molecule has 106 valence electrons. The summed E-state index contributed by atoms with van der Waals surface area (Å²) < 4.78 is 0. The van der Waals surface area contributed by atoms with Gasteiger partial charge in [0.1, 0.15) is 0 Å². The van der Waals surface area contributed by atoms with Gasteiger partial charge in [-0.15, -0.1) is 0 Å². The third-order valence-electron chi connectivity index (χ3n) is 3.48. The molecule has 0 radical (unpaired) electrons. The van der Waals surface area contributed by atoms with Gasteiger partial charge in [-0.2, -0.15) is 0 Å². The highest BCUT2D eigenvalue weighted by Gasteiger charge is 2.13. The topological polar surface area (TPSA) is 29.3 Å². The molecule has 0 fully saturated rings. The van der Waals surface area contributed by atoms with Crippen LogP contribution in [0.25, 0.3) is 0 Å². The van der Waals surface area contributed by atoms with Gasteiger partial charge in [0.25, 0.3) is 0 Å². The van der Waals surface area contributed by atoms with Gasteiger partial charge >= 0.3 is 0 Å². The first-order valence-corrected chi connectivity index (χ1v) is 7.35. The van der Waals surface area contributed by atoms with Crippen molar-refractivity contribution in [2.24, 2.45) is 5.73 Å². The molecule has 0 aliphatic heterocycles. The van der Waals surface area contributed by atoms with Gasteiger partial charge in [-0.1, -0.05) is 55.5 Å². The Kier molecular flexibility index (Phi) is 5.19. The Morgan fingerprint density at radius 3 is 2.30 bits per heavy atom. The number of hydrogen-bond donors (Lipinski definition) is 1. The molecule has 2 rings (SSSR count). The van der Waals surface area contributed by atoms with Crippen molar-refractivity contribution in [3.63, 3.8) is 0 Å². The van der Waals surface area contributed by atoms with Crippen LogP contribution < -0.4 is 10.6 Å². The Hall–Kier alpha value is -1.80. The first-order valence-electron chi connectivity index (χ1n) is 7.35. The molecule has 0 heterocycles. The molecular weight excluding hydrogens is 244 g/mol. The van der Waals surface area contributed by atoms with E-state index < -0.39 is 0 Å². The zero-order valence-electron chi connectivity index (χ0n) is 12.4. The van der Waals surface area contributed by atoms with Crippen LogP contribution >= 0.6 is 0 Å². The minimum absolute atomic E-state index is 0.0568. The van der Waals surface area contributed by atoms with Crippen LogP contribution in [0.5, 0.6) is 0 Å². The average molecular weight is 268 g/mol. The fourth-order valence-corrected chi connectivity index (χ4v) is 2.52. The van der Waals surface area contributed by atoms with Crippen LogP contribution in [0, 0.1) is 0 Å². The molecule has 0 aromatic heterocycles. The molecule has 2 nitrogen and oxygen atoms in total. The van der Waals surface area contributed by atoms with Crippen molar-refractivity contribution in [3.8, 4) is 0 Å². The molecule has 0 bridgehead atoms. The van der Waals surface area contributed by atoms with E-state index in [2.05, 4.69) is 66.4 Å². The summed E-state index contributed by atoms with van der Waals surface area (Å²) in [6.07, 6.45) is 1.13. The summed E-state index contributed by atoms with van der Waals surface area (Å²) >= 11 is 0. The van der Waals surface area contributed by atoms with Crippen LogP contribution in [0.3, 0.4) is 0 Å². The number of hydrogen-bond acceptors (Lipinski definition) is 2. The van der Waals surface area contributed by atoms with Crippen LogP contribution in [0.15, 0.2) is 54.6 Å². The van der Waals surface area contributed by atoms with Crippen molar-refractivity contribution >= 4 is 5.69 Å². The molecule has 0 saturated heterocycles. The quantitative estimate of drug-likeness (QED) is 0.853. The smallest absolute Gasteiger partial charge is 0.0429 e. The lowest BCUT2D eigenvalue weighted by molar-refractivity contribution is 0.743. The van der Waals surface area contributed by atoms with Gasteiger partial charge in [-0.05, 0) is 30.5 Å². The van der Waals surface area contributed by atoms with E-state index in [0.29, 0.717) is 0 Å². The van der Waals surface area contributed by atoms with Gasteiger partial charge in [-0.3, -0.25) is 0 Å². The Labute approximate surface area is 122 Å². The van der Waals surface area contributed by atoms with Crippen molar-refractivity contribution in [2.75, 3.05) is 11.4 Å². The van der Waals surface area contributed by atoms with Crippen molar-refractivity contribution in [1.82, 2.24) is 0 Å². The fourth-order valence-electron chi connectivity index (χ4n) is 2.52. The molecule has 2 aromatic rings. The molecule has 20 heavy (non-hydrogen) atoms. The highest BCUT2D eigenvalue weighted by Crippen LogP contribution is 2.26. The van der Waals surface area contributed by atoms with Crippen molar-refractivity contribution in [1.29, 1.82) is 0 Å². The van der Waals surface area contributed by atoms with E-state index in [-0.39, 0.29) is 6.04 Å². The normalized spacial score (nSPS) is 12.2. The maximum absolute atomic E-state index is 6.12. The van der Waals surface area contributed by atoms with E-state index in [9.17, 15) is 0 Å². The predicted octanol–water partition coefficient (Wildman–Crippen LogP) is 4.12. The summed E-state index contributed by atoms with van der Waals surface area (Å²) in [4.78, 5) is 2.42. The zero-order chi connectivity index (χ0) is 14.4. The second kappa shape index (κ2) is 7.11. The van der Waals surface area contributed by atoms with Crippen LogP contribution in [0.4, 0.5) is 5.69 Å². The first-order chi connectivity index (χ1) is 9.72. The number of rotatable bonds is 6. The summed E-state index contributed by atoms with van der Waals surface area (Å²) in [5.74, 6) is 0. The van der Waals surface area contributed by atoms with Gasteiger partial charge in [0.05, 0.1) is 0 Å². The second-order valence-corrected chi connectivity index (χ2v) is 5.25. The van der Waals surface area contributed by atoms with Gasteiger partial charge in [0.15, 0.2) is 0 Å². The lowest BCUT2D eigenvalue weighted by atomic mass is 10.0. The molecular formula is C18H24N2. The maximum Gasteiger partial charge on any atom is 0.0429 e. The highest BCUT2D eigenvalue weighted by atomic mass is 15.1. The molecule has 1 atom stereocenters. The first kappa shape index (κ1) is 14.6. The summed E-state index contributed by atoms with van der Waals surface area (Å²) in [5.41, 5.74) is 9.93. The molecule has 0 spiro atoms. The summed E-state index contributed by atoms with van der Waals surface area (Å²) in [6, 6.07) is 19.1. The Morgan fingerprint density at radius 2 is 1.65 bits per heavy atom. The van der Waals surface area contributed by atoms with E-state index in [0.717, 1.165) is 19.5 Å². The maximum atomic E-state index is 6.12. The average Bonchev–Trinajstić information content (AvgIpc) is 2.48. The van der Waals surface area contributed by atoms with E-state index in [1.807, 2.05) is 6.92 Å². The van der Waals surface area contributed by atoms with Gasteiger partial charge < -0.3 is 10.6 Å². The lowest BCUT2D eigenvalue weighted by Crippen LogP contribution is -2.25. The SMILES string of the molecule is CCCN(Cc1ccccc1)c1ccccc1C(C)N. The molecule has 2 N–H and O–H groups in total. The molecule has 2 aromatic carbocycles. The molecule has 1 unspecified atom stereocenters. The van der Waals surface area contributed by atoms with Gasteiger partial charge in [0, 0.05) is 24.8 Å². The summed E-state index contributed by atoms with van der Waals surface area (Å²) in [7, 11) is 0. The van der Waals surface area contributed by atoms with Gasteiger partial charge in [-0.25, -0.2) is 0 Å². The summed E-state index contributed by atoms with van der Waals surface area (Å²) in [6.45, 7) is 6.23. The molecule has 2 heteroatoms. The second-order valence-electron chi connectivity index (χ2n) is 5.25. The minimum atomic E-state index is 0.0568. The predicted molar refractivity (Wildman–Crippen MR) is 86.8 cm³/mol. The number of para-hydroxylation sites is 1. The standard InChI is InChI=1S/C18H24N2/c1-3-13-20(14-16-9-5-4-6-10-16)18-12-8-7-11-17(18)15(2)19/h4-12,15H,3,13-14,19H2,1-2H3. The zero-order valence-corrected chi connectivity index (χ0v) is 12.4. The number of nitrogens with two attached hydrogens (primary N) is 1. The van der Waals surface area contributed by atoms with Crippen LogP contribution in [-0.4, -0.2) is 6.54 Å². The van der Waals surface area contributed by atoms with Crippen LogP contribution in [0.1, 0.15) is 37.4 Å². The monoisotopic (exact) mass is 268 g/mol. The molecule has 0 aliphatic rings. The van der Waals surface area contributed by atoms with E-state index in [1.165, 1.54) is 16.8 Å². The largest absolute Gasteiger partial charge is 0.367 e. The van der Waals surface area contributed by atoms with Crippen LogP contribution in [-0.2, 0) is 6.54 Å². The third-order valence-corrected chi connectivity index (χ3v) is 3.48. The fraction of sp³-hybridized carbons (Fsp3) is 0.333. The molecule has 0 amide bonds.